The smallest absolute Gasteiger partial charge is 0.393 e. The first-order valence-electron chi connectivity index (χ1n) is 3.09. The van der Waals surface area contributed by atoms with Crippen LogP contribution in [0.3, 0.4) is 0 Å². The third kappa shape index (κ3) is 1.21. The van der Waals surface area contributed by atoms with Gasteiger partial charge in [-0.25, -0.2) is 5.84 Å². The van der Waals surface area contributed by atoms with Gasteiger partial charge in [0.25, 0.3) is 0 Å². The van der Waals surface area contributed by atoms with Gasteiger partial charge in [0, 0.05) is 5.70 Å². The van der Waals surface area contributed by atoms with E-state index < -0.39 is 0 Å². The molecule has 0 aromatic heterocycles. The molecule has 4 nitrogen and oxygen atoms in total. The monoisotopic (exact) mass is 142 g/mol. The first-order valence-corrected chi connectivity index (χ1v) is 3.09. The van der Waals surface area contributed by atoms with Crippen LogP contribution in [0.15, 0.2) is 11.8 Å². The minimum Gasteiger partial charge on any atom is -0.446 e. The number of hydrogen-bond donors (Lipinski definition) is 2. The van der Waals surface area contributed by atoms with Crippen LogP contribution in [0.2, 0.25) is 0 Å². The molecular formula is C6H12N3O+. The van der Waals surface area contributed by atoms with Crippen molar-refractivity contribution in [2.45, 2.75) is 6.92 Å². The molecule has 1 rings (SSSR count). The highest BCUT2D eigenvalue weighted by Gasteiger charge is 2.14. The topological polar surface area (TPSA) is 50.3 Å². The maximum absolute atomic E-state index is 5.52. The van der Waals surface area contributed by atoms with E-state index in [-0.39, 0.29) is 0 Å². The van der Waals surface area contributed by atoms with E-state index in [1.165, 1.54) is 4.68 Å². The Bertz CT molecular complexity index is 195. The lowest BCUT2D eigenvalue weighted by Gasteiger charge is -2.09. The average molecular weight is 142 g/mol. The van der Waals surface area contributed by atoms with Crippen LogP contribution in [0.25, 0.3) is 0 Å². The number of rotatable bonds is 0. The molecule has 0 atom stereocenters. The first kappa shape index (κ1) is 6.92. The number of nitrogens with zero attached hydrogens (tertiary/aromatic N) is 1. The molecule has 0 unspecified atom stereocenters. The Morgan fingerprint density at radius 1 is 1.80 bits per heavy atom. The summed E-state index contributed by atoms with van der Waals surface area (Å²) in [5.41, 5.74) is 1.07. The Kier molecular flexibility index (Phi) is 1.80. The molecule has 10 heavy (non-hydrogen) atoms. The summed E-state index contributed by atoms with van der Waals surface area (Å²) in [4.78, 5) is 0. The lowest BCUT2D eigenvalue weighted by molar-refractivity contribution is -0.552. The van der Waals surface area contributed by atoms with Crippen LogP contribution >= 0.6 is 0 Å². The van der Waals surface area contributed by atoms with Gasteiger partial charge in [-0.15, -0.1) is 0 Å². The number of nitrogens with one attached hydrogen (secondary N) is 1. The van der Waals surface area contributed by atoms with Gasteiger partial charge in [0.05, 0.1) is 13.2 Å². The van der Waals surface area contributed by atoms with Crippen molar-refractivity contribution in [1.29, 1.82) is 0 Å². The van der Waals surface area contributed by atoms with E-state index in [1.807, 2.05) is 13.0 Å². The highest BCUT2D eigenvalue weighted by Crippen LogP contribution is 1.93. The maximum atomic E-state index is 5.52. The third-order valence-electron chi connectivity index (χ3n) is 1.36. The van der Waals surface area contributed by atoms with Crippen molar-refractivity contribution in [3.8, 4) is 0 Å². The van der Waals surface area contributed by atoms with Crippen molar-refractivity contribution in [2.75, 3.05) is 13.8 Å². The van der Waals surface area contributed by atoms with Crippen molar-refractivity contribution < 1.29 is 9.42 Å². The van der Waals surface area contributed by atoms with Gasteiger partial charge in [-0.3, -0.25) is 0 Å². The molecule has 3 N–H and O–H groups in total. The molecule has 0 bridgehead atoms. The van der Waals surface area contributed by atoms with Crippen LogP contribution in [0.5, 0.6) is 0 Å². The lowest BCUT2D eigenvalue weighted by Crippen LogP contribution is -2.39. The van der Waals surface area contributed by atoms with Crippen molar-refractivity contribution in [3.05, 3.63) is 11.8 Å². The fourth-order valence-corrected chi connectivity index (χ4v) is 0.783. The predicted molar refractivity (Wildman–Crippen MR) is 38.2 cm³/mol. The van der Waals surface area contributed by atoms with E-state index in [9.17, 15) is 0 Å². The molecular weight excluding hydrogens is 130 g/mol. The zero-order valence-electron chi connectivity index (χ0n) is 6.22. The van der Waals surface area contributed by atoms with Crippen molar-refractivity contribution in [1.82, 2.24) is 5.32 Å². The van der Waals surface area contributed by atoms with E-state index in [4.69, 9.17) is 10.6 Å². The van der Waals surface area contributed by atoms with Crippen LogP contribution < -0.4 is 11.2 Å². The molecule has 1 aliphatic rings. The minimum atomic E-state index is 0.603. The van der Waals surface area contributed by atoms with E-state index in [0.29, 0.717) is 12.6 Å². The Hall–Kier alpha value is -1.19. The maximum Gasteiger partial charge on any atom is 0.393 e. The van der Waals surface area contributed by atoms with Gasteiger partial charge in [-0.1, -0.05) is 4.68 Å². The number of hydrazine groups is 1. The standard InChI is InChI=1S/C6H11N3O/c1-5-3-6(10-2)9(7)4-8-5/h3H,4,7H2,1-2H3/p+1. The van der Waals surface area contributed by atoms with Gasteiger partial charge in [0.2, 0.25) is 6.67 Å². The fourth-order valence-electron chi connectivity index (χ4n) is 0.783. The summed E-state index contributed by atoms with van der Waals surface area (Å²) in [7, 11) is 1.60. The quantitative estimate of drug-likeness (QED) is 0.350. The molecule has 0 saturated heterocycles. The summed E-state index contributed by atoms with van der Waals surface area (Å²) >= 11 is 0. The molecule has 4 heteroatoms. The fraction of sp³-hybridized carbons (Fsp3) is 0.500. The first-order chi connectivity index (χ1) is 4.74. The molecule has 0 aromatic carbocycles. The molecule has 0 amide bonds. The zero-order valence-corrected chi connectivity index (χ0v) is 6.22. The van der Waals surface area contributed by atoms with Crippen LogP contribution in [0.4, 0.5) is 0 Å². The molecule has 0 saturated carbocycles. The van der Waals surface area contributed by atoms with E-state index >= 15 is 0 Å². The average Bonchev–Trinajstić information content (AvgIpc) is 1.94. The predicted octanol–water partition coefficient (Wildman–Crippen LogP) is -0.618. The van der Waals surface area contributed by atoms with Gasteiger partial charge < -0.3 is 10.1 Å². The molecule has 0 spiro atoms. The molecule has 56 valence electrons. The third-order valence-corrected chi connectivity index (χ3v) is 1.36. The summed E-state index contributed by atoms with van der Waals surface area (Å²) in [6.45, 7) is 2.57. The van der Waals surface area contributed by atoms with Gasteiger partial charge in [-0.2, -0.15) is 0 Å². The SMILES string of the molecule is COC1=[N+](N)CNC(C)=C1. The lowest BCUT2D eigenvalue weighted by atomic mass is 10.4. The van der Waals surface area contributed by atoms with Gasteiger partial charge in [-0.05, 0) is 6.92 Å². The van der Waals surface area contributed by atoms with Crippen LogP contribution in [0, 0.1) is 0 Å². The number of nitrogens with two attached hydrogens (primary N) is 1. The molecule has 0 radical (unpaired) electrons. The summed E-state index contributed by atoms with van der Waals surface area (Å²) in [5.74, 6) is 6.21. The molecule has 1 aliphatic heterocycles. The number of hydrazone groups is 1. The Morgan fingerprint density at radius 2 is 2.50 bits per heavy atom. The molecule has 0 aliphatic carbocycles. The highest BCUT2D eigenvalue weighted by molar-refractivity contribution is 5.83. The normalized spacial score (nSPS) is 18.0. The van der Waals surface area contributed by atoms with Crippen molar-refractivity contribution in [2.24, 2.45) is 5.84 Å². The van der Waals surface area contributed by atoms with Crippen LogP contribution in [0.1, 0.15) is 6.92 Å². The Labute approximate surface area is 59.9 Å². The Morgan fingerprint density at radius 3 is 3.00 bits per heavy atom. The second-order valence-electron chi connectivity index (χ2n) is 2.17. The number of allylic oxidation sites excluding steroid dienone is 1. The summed E-state index contributed by atoms with van der Waals surface area (Å²) in [6, 6.07) is 0. The minimum absolute atomic E-state index is 0.603. The van der Waals surface area contributed by atoms with Gasteiger partial charge in [0.15, 0.2) is 0 Å². The number of methoxy groups -OCH3 is 1. The number of ether oxygens (including phenoxy) is 1. The highest BCUT2D eigenvalue weighted by atomic mass is 16.5. The largest absolute Gasteiger partial charge is 0.446 e. The van der Waals surface area contributed by atoms with E-state index in [0.717, 1.165) is 5.70 Å². The molecule has 1 heterocycles. The molecule has 0 fully saturated rings. The zero-order chi connectivity index (χ0) is 7.56. The van der Waals surface area contributed by atoms with Crippen LogP contribution in [-0.4, -0.2) is 24.4 Å². The van der Waals surface area contributed by atoms with Gasteiger partial charge >= 0.3 is 5.90 Å². The Balaban J connectivity index is 2.82. The second kappa shape index (κ2) is 2.60. The van der Waals surface area contributed by atoms with Gasteiger partial charge in [0.1, 0.15) is 0 Å². The van der Waals surface area contributed by atoms with E-state index in [2.05, 4.69) is 5.32 Å². The number of hydrogen-bond acceptors (Lipinski definition) is 3. The summed E-state index contributed by atoms with van der Waals surface area (Å²) in [5, 5.41) is 3.06. The second-order valence-corrected chi connectivity index (χ2v) is 2.17. The molecule has 0 aromatic rings. The van der Waals surface area contributed by atoms with Crippen molar-refractivity contribution >= 4 is 5.90 Å². The van der Waals surface area contributed by atoms with E-state index in [1.54, 1.807) is 7.11 Å². The summed E-state index contributed by atoms with van der Waals surface area (Å²) < 4.78 is 6.48. The van der Waals surface area contributed by atoms with Crippen LogP contribution in [-0.2, 0) is 4.74 Å². The summed E-state index contributed by atoms with van der Waals surface area (Å²) in [6.07, 6.45) is 1.85. The van der Waals surface area contributed by atoms with Crippen molar-refractivity contribution in [3.63, 3.8) is 0 Å².